The average Bonchev–Trinajstić information content (AvgIpc) is 3.15. The van der Waals surface area contributed by atoms with E-state index in [0.717, 1.165) is 59.0 Å². The molecule has 2 aromatic heterocycles. The second kappa shape index (κ2) is 9.00. The summed E-state index contributed by atoms with van der Waals surface area (Å²) in [5, 5.41) is 6.75. The molecule has 0 aliphatic heterocycles. The quantitative estimate of drug-likeness (QED) is 0.667. The van der Waals surface area contributed by atoms with Crippen molar-refractivity contribution in [2.75, 3.05) is 24.3 Å². The third-order valence-electron chi connectivity index (χ3n) is 5.78. The van der Waals surface area contributed by atoms with Crippen molar-refractivity contribution in [2.24, 2.45) is 0 Å². The maximum Gasteiger partial charge on any atom is 0.261 e. The van der Waals surface area contributed by atoms with Gasteiger partial charge in [-0.2, -0.15) is 4.98 Å². The van der Waals surface area contributed by atoms with E-state index in [9.17, 15) is 4.79 Å². The Morgan fingerprint density at radius 1 is 1.10 bits per heavy atom. The molecule has 0 spiro atoms. The molecule has 2 N–H and O–H groups in total. The van der Waals surface area contributed by atoms with Crippen molar-refractivity contribution in [3.8, 4) is 0 Å². The highest BCUT2D eigenvalue weighted by molar-refractivity contribution is 9.11. The number of aryl methyl sites for hydroxylation is 1. The minimum Gasteiger partial charge on any atom is -0.362 e. The molecular formula is C21H28BrN5OS. The number of nitrogens with one attached hydrogen (secondary N) is 2. The SMILES string of the molecule is CN(C)c1nc(N[C@H]2CC[C@@H](NC(=O)c3ccc(Br)s3)CC2)nc2c1CCCC2. The molecule has 156 valence electrons. The van der Waals surface area contributed by atoms with Crippen LogP contribution in [0.3, 0.4) is 0 Å². The third-order valence-corrected chi connectivity index (χ3v) is 7.40. The van der Waals surface area contributed by atoms with E-state index >= 15 is 0 Å². The van der Waals surface area contributed by atoms with E-state index in [-0.39, 0.29) is 11.9 Å². The Bertz CT molecular complexity index is 876. The minimum atomic E-state index is 0.0331. The number of carbonyl (C=O) groups is 1. The van der Waals surface area contributed by atoms with E-state index in [4.69, 9.17) is 9.97 Å². The molecular weight excluding hydrogens is 450 g/mol. The number of thiophene rings is 1. The first-order valence-electron chi connectivity index (χ1n) is 10.4. The molecule has 0 aromatic carbocycles. The van der Waals surface area contributed by atoms with Gasteiger partial charge in [0, 0.05) is 31.7 Å². The molecule has 1 saturated carbocycles. The molecule has 8 heteroatoms. The maximum atomic E-state index is 12.4. The molecule has 2 aliphatic carbocycles. The van der Waals surface area contributed by atoms with Gasteiger partial charge in [-0.25, -0.2) is 4.98 Å². The summed E-state index contributed by atoms with van der Waals surface area (Å²) in [6, 6.07) is 4.38. The second-order valence-corrected chi connectivity index (χ2v) is 10.6. The second-order valence-electron chi connectivity index (χ2n) is 8.17. The number of aromatic nitrogens is 2. The standard InChI is InChI=1S/C21H28BrN5OS/c1-27(2)19-15-5-3-4-6-16(15)25-21(26-19)24-14-9-7-13(8-10-14)23-20(28)17-11-12-18(22)29-17/h11-14H,3-10H2,1-2H3,(H,23,28)(H,24,25,26)/t13-,14+. The minimum absolute atomic E-state index is 0.0331. The number of halogens is 1. The monoisotopic (exact) mass is 477 g/mol. The van der Waals surface area contributed by atoms with Crippen LogP contribution in [0.25, 0.3) is 0 Å². The van der Waals surface area contributed by atoms with Crippen LogP contribution in [-0.4, -0.2) is 42.1 Å². The van der Waals surface area contributed by atoms with Gasteiger partial charge in [0.15, 0.2) is 0 Å². The number of anilines is 2. The van der Waals surface area contributed by atoms with E-state index in [1.807, 2.05) is 12.1 Å². The fourth-order valence-corrected chi connectivity index (χ4v) is 5.56. The van der Waals surface area contributed by atoms with Crippen molar-refractivity contribution in [2.45, 2.75) is 63.5 Å². The zero-order valence-electron chi connectivity index (χ0n) is 17.0. The molecule has 4 rings (SSSR count). The number of carbonyl (C=O) groups excluding carboxylic acids is 1. The number of nitrogens with zero attached hydrogens (tertiary/aromatic N) is 3. The molecule has 0 saturated heterocycles. The topological polar surface area (TPSA) is 70.2 Å². The van der Waals surface area contributed by atoms with Crippen molar-refractivity contribution in [1.82, 2.24) is 15.3 Å². The molecule has 29 heavy (non-hydrogen) atoms. The lowest BCUT2D eigenvalue weighted by Crippen LogP contribution is -2.40. The molecule has 0 radical (unpaired) electrons. The van der Waals surface area contributed by atoms with Gasteiger partial charge in [0.2, 0.25) is 5.95 Å². The summed E-state index contributed by atoms with van der Waals surface area (Å²) >= 11 is 4.89. The summed E-state index contributed by atoms with van der Waals surface area (Å²) in [7, 11) is 4.11. The summed E-state index contributed by atoms with van der Waals surface area (Å²) in [6.07, 6.45) is 8.53. The molecule has 1 fully saturated rings. The van der Waals surface area contributed by atoms with Crippen LogP contribution in [0, 0.1) is 0 Å². The Labute approximate surface area is 184 Å². The van der Waals surface area contributed by atoms with E-state index in [1.54, 1.807) is 0 Å². The summed E-state index contributed by atoms with van der Waals surface area (Å²) in [6.45, 7) is 0. The summed E-state index contributed by atoms with van der Waals surface area (Å²) in [5.41, 5.74) is 2.53. The number of amides is 1. The van der Waals surface area contributed by atoms with Gasteiger partial charge in [0.05, 0.1) is 14.4 Å². The van der Waals surface area contributed by atoms with Crippen molar-refractivity contribution >= 4 is 44.9 Å². The largest absolute Gasteiger partial charge is 0.362 e. The third kappa shape index (κ3) is 4.91. The summed E-state index contributed by atoms with van der Waals surface area (Å²) < 4.78 is 0.984. The molecule has 0 bridgehead atoms. The van der Waals surface area contributed by atoms with Crippen molar-refractivity contribution in [1.29, 1.82) is 0 Å². The highest BCUT2D eigenvalue weighted by atomic mass is 79.9. The Morgan fingerprint density at radius 2 is 1.83 bits per heavy atom. The van der Waals surface area contributed by atoms with Crippen molar-refractivity contribution < 1.29 is 4.79 Å². The van der Waals surface area contributed by atoms with Crippen LogP contribution >= 0.6 is 27.3 Å². The average molecular weight is 478 g/mol. The first-order chi connectivity index (χ1) is 14.0. The summed E-state index contributed by atoms with van der Waals surface area (Å²) in [4.78, 5) is 24.9. The lowest BCUT2D eigenvalue weighted by Gasteiger charge is -2.30. The van der Waals surface area contributed by atoms with Gasteiger partial charge in [0.1, 0.15) is 5.82 Å². The Kier molecular flexibility index (Phi) is 6.39. The fraction of sp³-hybridized carbons (Fsp3) is 0.571. The van der Waals surface area contributed by atoms with Gasteiger partial charge in [-0.1, -0.05) is 0 Å². The van der Waals surface area contributed by atoms with E-state index in [0.29, 0.717) is 6.04 Å². The highest BCUT2D eigenvalue weighted by Crippen LogP contribution is 2.29. The molecule has 2 aliphatic rings. The van der Waals surface area contributed by atoms with Gasteiger partial charge in [-0.15, -0.1) is 11.3 Å². The van der Waals surface area contributed by atoms with Gasteiger partial charge < -0.3 is 15.5 Å². The maximum absolute atomic E-state index is 12.4. The van der Waals surface area contributed by atoms with Crippen LogP contribution in [0.1, 0.15) is 59.5 Å². The molecule has 2 heterocycles. The molecule has 1 amide bonds. The highest BCUT2D eigenvalue weighted by Gasteiger charge is 2.25. The number of hydrogen-bond acceptors (Lipinski definition) is 6. The van der Waals surface area contributed by atoms with Crippen LogP contribution in [0.5, 0.6) is 0 Å². The van der Waals surface area contributed by atoms with Crippen LogP contribution in [-0.2, 0) is 12.8 Å². The molecule has 0 atom stereocenters. The van der Waals surface area contributed by atoms with E-state index in [2.05, 4.69) is 45.6 Å². The summed E-state index contributed by atoms with van der Waals surface area (Å²) in [5.74, 6) is 1.84. The van der Waals surface area contributed by atoms with Gasteiger partial charge in [0.25, 0.3) is 5.91 Å². The smallest absolute Gasteiger partial charge is 0.261 e. The van der Waals surface area contributed by atoms with Crippen LogP contribution < -0.4 is 15.5 Å². The Hall–Kier alpha value is -1.67. The van der Waals surface area contributed by atoms with Gasteiger partial charge in [-0.3, -0.25) is 4.79 Å². The molecule has 6 nitrogen and oxygen atoms in total. The van der Waals surface area contributed by atoms with Crippen LogP contribution in [0.4, 0.5) is 11.8 Å². The lowest BCUT2D eigenvalue weighted by molar-refractivity contribution is 0.0930. The zero-order valence-corrected chi connectivity index (χ0v) is 19.4. The Morgan fingerprint density at radius 3 is 2.52 bits per heavy atom. The van der Waals surface area contributed by atoms with E-state index < -0.39 is 0 Å². The Balaban J connectivity index is 1.35. The van der Waals surface area contributed by atoms with Crippen LogP contribution in [0.2, 0.25) is 0 Å². The van der Waals surface area contributed by atoms with Crippen molar-refractivity contribution in [3.63, 3.8) is 0 Å². The predicted octanol–water partition coefficient (Wildman–Crippen LogP) is 4.40. The van der Waals surface area contributed by atoms with E-state index in [1.165, 1.54) is 35.4 Å². The zero-order chi connectivity index (χ0) is 20.4. The molecule has 0 unspecified atom stereocenters. The number of fused-ring (bicyclic) bond motifs is 1. The predicted molar refractivity (Wildman–Crippen MR) is 122 cm³/mol. The first kappa shape index (κ1) is 20.6. The molecule has 2 aromatic rings. The van der Waals surface area contributed by atoms with Crippen LogP contribution in [0.15, 0.2) is 15.9 Å². The number of rotatable bonds is 5. The van der Waals surface area contributed by atoms with Gasteiger partial charge >= 0.3 is 0 Å². The fourth-order valence-electron chi connectivity index (χ4n) is 4.27. The van der Waals surface area contributed by atoms with Crippen molar-refractivity contribution in [3.05, 3.63) is 32.1 Å². The normalized spacial score (nSPS) is 21.3. The van der Waals surface area contributed by atoms with Gasteiger partial charge in [-0.05, 0) is 79.4 Å². The lowest BCUT2D eigenvalue weighted by atomic mass is 9.91. The number of hydrogen-bond donors (Lipinski definition) is 2. The first-order valence-corrected chi connectivity index (χ1v) is 12.0.